The molecule has 7 nitrogen and oxygen atoms in total. The Bertz CT molecular complexity index is 721. The summed E-state index contributed by atoms with van der Waals surface area (Å²) >= 11 is 0. The first kappa shape index (κ1) is 18.7. The van der Waals surface area contributed by atoms with Crippen LogP contribution in [0.1, 0.15) is 32.2 Å². The van der Waals surface area contributed by atoms with Gasteiger partial charge in [0.25, 0.3) is 0 Å². The van der Waals surface area contributed by atoms with Crippen LogP contribution in [0.3, 0.4) is 0 Å². The predicted octanol–water partition coefficient (Wildman–Crippen LogP) is 3.71. The van der Waals surface area contributed by atoms with Gasteiger partial charge in [-0.1, -0.05) is 29.4 Å². The summed E-state index contributed by atoms with van der Waals surface area (Å²) in [6.07, 6.45) is -5.55. The van der Waals surface area contributed by atoms with Gasteiger partial charge in [-0.05, 0) is 26.3 Å². The van der Waals surface area contributed by atoms with E-state index in [1.807, 2.05) is 0 Å². The Morgan fingerprint density at radius 2 is 1.84 bits per heavy atom. The quantitative estimate of drug-likeness (QED) is 0.658. The Hall–Kier alpha value is -2.62. The highest BCUT2D eigenvalue weighted by molar-refractivity contribution is 5.60. The van der Waals surface area contributed by atoms with Crippen molar-refractivity contribution in [2.75, 3.05) is 0 Å². The largest absolute Gasteiger partial charge is 0.528 e. The summed E-state index contributed by atoms with van der Waals surface area (Å²) in [7, 11) is 0. The number of nitrogens with one attached hydrogen (secondary N) is 1. The second kappa shape index (κ2) is 7.09. The van der Waals surface area contributed by atoms with E-state index in [9.17, 15) is 18.0 Å². The van der Waals surface area contributed by atoms with E-state index in [1.54, 1.807) is 32.9 Å². The fourth-order valence-electron chi connectivity index (χ4n) is 1.68. The van der Waals surface area contributed by atoms with E-state index >= 15 is 0 Å². The third-order valence-corrected chi connectivity index (χ3v) is 2.70. The van der Waals surface area contributed by atoms with Crippen molar-refractivity contribution < 1.29 is 32.1 Å². The molecule has 1 aromatic carbocycles. The molecule has 0 saturated heterocycles. The Morgan fingerprint density at radius 1 is 1.20 bits per heavy atom. The molecule has 0 aliphatic rings. The lowest BCUT2D eigenvalue weighted by molar-refractivity contribution is -0.159. The van der Waals surface area contributed by atoms with Crippen molar-refractivity contribution >= 4 is 6.16 Å². The Morgan fingerprint density at radius 3 is 2.36 bits per heavy atom. The number of hydrogen-bond acceptors (Lipinski definition) is 7. The first-order chi connectivity index (χ1) is 11.5. The summed E-state index contributed by atoms with van der Waals surface area (Å²) in [4.78, 5) is 19.3. The van der Waals surface area contributed by atoms with Crippen LogP contribution in [-0.2, 0) is 22.3 Å². The smallest absolute Gasteiger partial charge is 0.427 e. The van der Waals surface area contributed by atoms with Crippen LogP contribution < -0.4 is 5.48 Å². The molecule has 0 bridgehead atoms. The highest BCUT2D eigenvalue weighted by Gasteiger charge is 2.38. The van der Waals surface area contributed by atoms with Crippen molar-refractivity contribution in [2.24, 2.45) is 0 Å². The molecule has 0 radical (unpaired) electrons. The number of nitrogens with zero attached hydrogens (tertiary/aromatic N) is 2. The lowest BCUT2D eigenvalue weighted by Crippen LogP contribution is -2.28. The molecule has 0 spiro atoms. The van der Waals surface area contributed by atoms with E-state index in [0.717, 1.165) is 0 Å². The zero-order valence-corrected chi connectivity index (χ0v) is 13.7. The molecule has 1 heterocycles. The molecule has 2 aromatic rings. The number of ether oxygens (including phenoxy) is 1. The summed E-state index contributed by atoms with van der Waals surface area (Å²) in [5.41, 5.74) is 2.84. The molecule has 0 aliphatic carbocycles. The topological polar surface area (TPSA) is 86.5 Å². The number of carbonyl (C=O) groups excluding carboxylic acids is 1. The minimum Gasteiger partial charge on any atom is -0.427 e. The molecule has 2 rings (SSSR count). The lowest BCUT2D eigenvalue weighted by Gasteiger charge is -2.18. The van der Waals surface area contributed by atoms with Crippen LogP contribution in [0.4, 0.5) is 18.0 Å². The zero-order valence-electron chi connectivity index (χ0n) is 13.7. The van der Waals surface area contributed by atoms with Gasteiger partial charge in [-0.2, -0.15) is 18.2 Å². The summed E-state index contributed by atoms with van der Waals surface area (Å²) in [5, 5.41) is 3.29. The highest BCUT2D eigenvalue weighted by Crippen LogP contribution is 2.29. The maximum Gasteiger partial charge on any atom is 0.528 e. The highest BCUT2D eigenvalue weighted by atomic mass is 19.4. The third-order valence-electron chi connectivity index (χ3n) is 2.70. The van der Waals surface area contributed by atoms with E-state index < -0.39 is 23.8 Å². The van der Waals surface area contributed by atoms with Crippen LogP contribution in [0, 0.1) is 0 Å². The number of hydroxylamine groups is 1. The molecular weight excluding hydrogens is 343 g/mol. The van der Waals surface area contributed by atoms with Gasteiger partial charge in [-0.3, -0.25) is 0 Å². The maximum absolute atomic E-state index is 12.4. The second-order valence-electron chi connectivity index (χ2n) is 6.01. The molecule has 25 heavy (non-hydrogen) atoms. The van der Waals surface area contributed by atoms with Crippen LogP contribution in [0.5, 0.6) is 0 Å². The minimum absolute atomic E-state index is 0.170. The molecule has 10 heteroatoms. The summed E-state index contributed by atoms with van der Waals surface area (Å²) in [6, 6.07) is 6.28. The van der Waals surface area contributed by atoms with Crippen LogP contribution in [0.2, 0.25) is 0 Å². The zero-order chi connectivity index (χ0) is 18.7. The fraction of sp³-hybridized carbons (Fsp3) is 0.400. The monoisotopic (exact) mass is 359 g/mol. The number of benzene rings is 1. The number of alkyl halides is 3. The number of rotatable bonds is 4. The predicted molar refractivity (Wildman–Crippen MR) is 78.9 cm³/mol. The first-order valence-corrected chi connectivity index (χ1v) is 7.17. The third kappa shape index (κ3) is 5.75. The van der Waals surface area contributed by atoms with Crippen LogP contribution in [0.15, 0.2) is 28.8 Å². The number of halogens is 3. The lowest BCUT2D eigenvalue weighted by atomic mass is 10.1. The molecule has 136 valence electrons. The fourth-order valence-corrected chi connectivity index (χ4v) is 1.68. The molecule has 0 fully saturated rings. The van der Waals surface area contributed by atoms with Crippen LogP contribution in [-0.4, -0.2) is 21.9 Å². The summed E-state index contributed by atoms with van der Waals surface area (Å²) in [5.74, 6) is -1.57. The van der Waals surface area contributed by atoms with E-state index in [4.69, 9.17) is 9.57 Å². The molecule has 0 atom stereocenters. The van der Waals surface area contributed by atoms with Gasteiger partial charge in [0.05, 0.1) is 6.54 Å². The van der Waals surface area contributed by atoms with Crippen LogP contribution in [0.25, 0.3) is 11.4 Å². The van der Waals surface area contributed by atoms with Crippen molar-refractivity contribution in [3.63, 3.8) is 0 Å². The molecule has 0 saturated carbocycles. The summed E-state index contributed by atoms with van der Waals surface area (Å²) in [6.45, 7) is 5.29. The van der Waals surface area contributed by atoms with Crippen molar-refractivity contribution in [3.05, 3.63) is 35.7 Å². The number of carbonyl (C=O) groups is 1. The average molecular weight is 359 g/mol. The molecular formula is C15H16F3N3O4. The summed E-state index contributed by atoms with van der Waals surface area (Å²) < 4.78 is 46.4. The molecule has 0 amide bonds. The Balaban J connectivity index is 1.90. The normalized spacial score (nSPS) is 12.1. The van der Waals surface area contributed by atoms with Crippen molar-refractivity contribution in [2.45, 2.75) is 39.1 Å². The van der Waals surface area contributed by atoms with Crippen molar-refractivity contribution in [3.8, 4) is 11.4 Å². The standard InChI is InChI=1S/C15H16F3N3O4/c1-14(2,3)23-13(22)25-19-8-9-4-6-10(7-5-9)11-20-12(24-21-11)15(16,17)18/h4-7,19H,8H2,1-3H3. The first-order valence-electron chi connectivity index (χ1n) is 7.17. The Kier molecular flexibility index (Phi) is 5.31. The van der Waals surface area contributed by atoms with Gasteiger partial charge in [0.15, 0.2) is 0 Å². The Labute approximate surface area is 141 Å². The van der Waals surface area contributed by atoms with Gasteiger partial charge in [0.1, 0.15) is 5.60 Å². The SMILES string of the molecule is CC(C)(C)OC(=O)ONCc1ccc(-c2noc(C(F)(F)F)n2)cc1. The van der Waals surface area contributed by atoms with Gasteiger partial charge < -0.3 is 14.1 Å². The molecule has 0 unspecified atom stereocenters. The molecule has 0 aliphatic heterocycles. The van der Waals surface area contributed by atoms with E-state index in [0.29, 0.717) is 11.1 Å². The van der Waals surface area contributed by atoms with E-state index in [2.05, 4.69) is 20.1 Å². The van der Waals surface area contributed by atoms with Gasteiger partial charge >= 0.3 is 18.2 Å². The van der Waals surface area contributed by atoms with E-state index in [-0.39, 0.29) is 12.4 Å². The maximum atomic E-state index is 12.4. The minimum atomic E-state index is -4.69. The van der Waals surface area contributed by atoms with Gasteiger partial charge in [0.2, 0.25) is 5.82 Å². The molecule has 1 aromatic heterocycles. The van der Waals surface area contributed by atoms with Gasteiger partial charge in [-0.15, -0.1) is 5.48 Å². The van der Waals surface area contributed by atoms with Crippen molar-refractivity contribution in [1.82, 2.24) is 15.6 Å². The second-order valence-corrected chi connectivity index (χ2v) is 6.01. The number of hydrogen-bond donors (Lipinski definition) is 1. The van der Waals surface area contributed by atoms with E-state index in [1.165, 1.54) is 12.1 Å². The van der Waals surface area contributed by atoms with Gasteiger partial charge in [0, 0.05) is 5.56 Å². The van der Waals surface area contributed by atoms with Crippen molar-refractivity contribution in [1.29, 1.82) is 0 Å². The molecule has 1 N–H and O–H groups in total. The van der Waals surface area contributed by atoms with Crippen LogP contribution >= 0.6 is 0 Å². The average Bonchev–Trinajstić information content (AvgIpc) is 2.96. The van der Waals surface area contributed by atoms with Gasteiger partial charge in [-0.25, -0.2) is 4.79 Å². The number of aromatic nitrogens is 2.